The number of carbonyl (C=O) groups is 1. The Kier molecular flexibility index (Phi) is 6.28. The van der Waals surface area contributed by atoms with E-state index >= 15 is 0 Å². The molecule has 1 fully saturated rings. The monoisotopic (exact) mass is 284 g/mol. The molecule has 1 aromatic rings. The minimum absolute atomic E-state index is 0. The molecule has 2 rings (SSSR count). The van der Waals surface area contributed by atoms with E-state index in [4.69, 9.17) is 5.73 Å². The SMILES string of the molecule is Cl.NC1CCC(C(=O)NCC(O)c2ccccc2)C1. The van der Waals surface area contributed by atoms with Gasteiger partial charge in [-0.25, -0.2) is 0 Å². The summed E-state index contributed by atoms with van der Waals surface area (Å²) < 4.78 is 0. The lowest BCUT2D eigenvalue weighted by atomic mass is 10.1. The van der Waals surface area contributed by atoms with Crippen LogP contribution in [-0.2, 0) is 4.79 Å². The molecule has 0 radical (unpaired) electrons. The maximum absolute atomic E-state index is 11.8. The molecule has 1 saturated carbocycles. The van der Waals surface area contributed by atoms with Crippen LogP contribution in [0.25, 0.3) is 0 Å². The highest BCUT2D eigenvalue weighted by Gasteiger charge is 2.27. The lowest BCUT2D eigenvalue weighted by Crippen LogP contribution is -2.33. The van der Waals surface area contributed by atoms with Crippen LogP contribution in [-0.4, -0.2) is 23.6 Å². The number of amides is 1. The van der Waals surface area contributed by atoms with Crippen LogP contribution >= 0.6 is 12.4 Å². The number of aliphatic hydroxyl groups excluding tert-OH is 1. The molecule has 1 amide bonds. The Balaban J connectivity index is 0.00000180. The molecule has 3 atom stereocenters. The highest BCUT2D eigenvalue weighted by Crippen LogP contribution is 2.24. The molecule has 1 aliphatic rings. The van der Waals surface area contributed by atoms with Crippen molar-refractivity contribution in [3.05, 3.63) is 35.9 Å². The van der Waals surface area contributed by atoms with E-state index in [1.165, 1.54) is 0 Å². The topological polar surface area (TPSA) is 75.4 Å². The van der Waals surface area contributed by atoms with E-state index in [1.807, 2.05) is 30.3 Å². The van der Waals surface area contributed by atoms with Gasteiger partial charge in [0.1, 0.15) is 0 Å². The second kappa shape index (κ2) is 7.48. The van der Waals surface area contributed by atoms with Gasteiger partial charge in [-0.15, -0.1) is 12.4 Å². The first-order valence-corrected chi connectivity index (χ1v) is 6.43. The highest BCUT2D eigenvalue weighted by atomic mass is 35.5. The van der Waals surface area contributed by atoms with Gasteiger partial charge in [0, 0.05) is 18.5 Å². The number of aliphatic hydroxyl groups is 1. The summed E-state index contributed by atoms with van der Waals surface area (Å²) in [6.45, 7) is 0.259. The molecule has 4 N–H and O–H groups in total. The Labute approximate surface area is 119 Å². The summed E-state index contributed by atoms with van der Waals surface area (Å²) in [6.07, 6.45) is 1.88. The fourth-order valence-corrected chi connectivity index (χ4v) is 2.39. The summed E-state index contributed by atoms with van der Waals surface area (Å²) in [4.78, 5) is 11.8. The Morgan fingerprint density at radius 2 is 2.05 bits per heavy atom. The largest absolute Gasteiger partial charge is 0.387 e. The molecule has 0 heterocycles. The van der Waals surface area contributed by atoms with Crippen molar-refractivity contribution in [2.75, 3.05) is 6.54 Å². The number of hydrogen-bond acceptors (Lipinski definition) is 3. The van der Waals surface area contributed by atoms with Crippen LogP contribution in [0.5, 0.6) is 0 Å². The molecule has 1 aromatic carbocycles. The number of rotatable bonds is 4. The molecule has 0 spiro atoms. The normalized spacial score (nSPS) is 23.5. The molecule has 19 heavy (non-hydrogen) atoms. The van der Waals surface area contributed by atoms with Gasteiger partial charge >= 0.3 is 0 Å². The van der Waals surface area contributed by atoms with Gasteiger partial charge in [-0.05, 0) is 24.8 Å². The van der Waals surface area contributed by atoms with Gasteiger partial charge in [-0.1, -0.05) is 30.3 Å². The molecule has 106 valence electrons. The molecule has 0 aliphatic heterocycles. The van der Waals surface area contributed by atoms with Gasteiger partial charge in [0.2, 0.25) is 5.91 Å². The summed E-state index contributed by atoms with van der Waals surface area (Å²) in [5, 5.41) is 12.7. The van der Waals surface area contributed by atoms with Crippen LogP contribution < -0.4 is 11.1 Å². The zero-order valence-electron chi connectivity index (χ0n) is 10.8. The van der Waals surface area contributed by atoms with Crippen LogP contribution in [0.15, 0.2) is 30.3 Å². The molecule has 3 unspecified atom stereocenters. The first kappa shape index (κ1) is 16.0. The molecular weight excluding hydrogens is 264 g/mol. The minimum atomic E-state index is -0.648. The van der Waals surface area contributed by atoms with Crippen LogP contribution in [0.2, 0.25) is 0 Å². The summed E-state index contributed by atoms with van der Waals surface area (Å²) in [6, 6.07) is 9.49. The predicted molar refractivity (Wildman–Crippen MR) is 77.0 cm³/mol. The summed E-state index contributed by atoms with van der Waals surface area (Å²) >= 11 is 0. The maximum atomic E-state index is 11.8. The Bertz CT molecular complexity index is 400. The van der Waals surface area contributed by atoms with Gasteiger partial charge < -0.3 is 16.2 Å². The van der Waals surface area contributed by atoms with Crippen LogP contribution in [0.4, 0.5) is 0 Å². The van der Waals surface area contributed by atoms with Gasteiger partial charge in [-0.3, -0.25) is 4.79 Å². The third-order valence-electron chi connectivity index (χ3n) is 3.50. The quantitative estimate of drug-likeness (QED) is 0.782. The lowest BCUT2D eigenvalue weighted by Gasteiger charge is -2.14. The average Bonchev–Trinajstić information content (AvgIpc) is 2.83. The van der Waals surface area contributed by atoms with Crippen molar-refractivity contribution in [1.82, 2.24) is 5.32 Å². The fourth-order valence-electron chi connectivity index (χ4n) is 2.39. The average molecular weight is 285 g/mol. The van der Waals surface area contributed by atoms with E-state index in [2.05, 4.69) is 5.32 Å². The van der Waals surface area contributed by atoms with Crippen molar-refractivity contribution in [1.29, 1.82) is 0 Å². The van der Waals surface area contributed by atoms with Crippen molar-refractivity contribution in [2.45, 2.75) is 31.4 Å². The first-order chi connectivity index (χ1) is 8.66. The molecule has 5 heteroatoms. The number of nitrogens with two attached hydrogens (primary N) is 1. The summed E-state index contributed by atoms with van der Waals surface area (Å²) in [7, 11) is 0. The second-order valence-corrected chi connectivity index (χ2v) is 4.94. The molecule has 0 aromatic heterocycles. The Hall–Kier alpha value is -1.10. The number of halogens is 1. The standard InChI is InChI=1S/C14H20N2O2.ClH/c15-12-7-6-11(8-12)14(18)16-9-13(17)10-4-2-1-3-5-10;/h1-5,11-13,17H,6-9,15H2,(H,16,18);1H. The van der Waals surface area contributed by atoms with E-state index < -0.39 is 6.10 Å². The van der Waals surface area contributed by atoms with E-state index in [-0.39, 0.29) is 36.8 Å². The predicted octanol–water partition coefficient (Wildman–Crippen LogP) is 1.39. The van der Waals surface area contributed by atoms with Crippen LogP contribution in [0, 0.1) is 5.92 Å². The lowest BCUT2D eigenvalue weighted by molar-refractivity contribution is -0.125. The number of hydrogen-bond donors (Lipinski definition) is 3. The first-order valence-electron chi connectivity index (χ1n) is 6.43. The highest BCUT2D eigenvalue weighted by molar-refractivity contribution is 5.85. The third-order valence-corrected chi connectivity index (χ3v) is 3.50. The maximum Gasteiger partial charge on any atom is 0.223 e. The molecule has 1 aliphatic carbocycles. The van der Waals surface area contributed by atoms with E-state index in [0.717, 1.165) is 24.8 Å². The molecular formula is C14H21ClN2O2. The van der Waals surface area contributed by atoms with Crippen LogP contribution in [0.3, 0.4) is 0 Å². The minimum Gasteiger partial charge on any atom is -0.387 e. The Morgan fingerprint density at radius 1 is 1.37 bits per heavy atom. The van der Waals surface area contributed by atoms with Gasteiger partial charge in [0.15, 0.2) is 0 Å². The van der Waals surface area contributed by atoms with E-state index in [9.17, 15) is 9.90 Å². The van der Waals surface area contributed by atoms with Crippen LogP contribution in [0.1, 0.15) is 30.9 Å². The summed E-state index contributed by atoms with van der Waals surface area (Å²) in [5.74, 6) is 0.0286. The van der Waals surface area contributed by atoms with Gasteiger partial charge in [-0.2, -0.15) is 0 Å². The molecule has 0 bridgehead atoms. The van der Waals surface area contributed by atoms with Crippen molar-refractivity contribution < 1.29 is 9.90 Å². The smallest absolute Gasteiger partial charge is 0.223 e. The van der Waals surface area contributed by atoms with Crippen molar-refractivity contribution >= 4 is 18.3 Å². The summed E-state index contributed by atoms with van der Waals surface area (Å²) in [5.41, 5.74) is 6.60. The number of carbonyl (C=O) groups excluding carboxylic acids is 1. The molecule has 0 saturated heterocycles. The van der Waals surface area contributed by atoms with E-state index in [0.29, 0.717) is 0 Å². The van der Waals surface area contributed by atoms with Crippen molar-refractivity contribution in [2.24, 2.45) is 11.7 Å². The zero-order valence-corrected chi connectivity index (χ0v) is 11.6. The fraction of sp³-hybridized carbons (Fsp3) is 0.500. The van der Waals surface area contributed by atoms with E-state index in [1.54, 1.807) is 0 Å². The van der Waals surface area contributed by atoms with Gasteiger partial charge in [0.25, 0.3) is 0 Å². The Morgan fingerprint density at radius 3 is 2.63 bits per heavy atom. The number of benzene rings is 1. The van der Waals surface area contributed by atoms with Crippen molar-refractivity contribution in [3.8, 4) is 0 Å². The second-order valence-electron chi connectivity index (χ2n) is 4.94. The van der Waals surface area contributed by atoms with Crippen molar-refractivity contribution in [3.63, 3.8) is 0 Å². The number of nitrogens with one attached hydrogen (secondary N) is 1. The molecule has 4 nitrogen and oxygen atoms in total. The van der Waals surface area contributed by atoms with Gasteiger partial charge in [0.05, 0.1) is 6.10 Å². The zero-order chi connectivity index (χ0) is 13.0. The third kappa shape index (κ3) is 4.49.